The SMILES string of the molecule is Cc1cc(C)c2nc(NC3NC(=O)C(CC#N)C(C)N3)nc(C)c2c1. The van der Waals surface area contributed by atoms with Gasteiger partial charge in [-0.25, -0.2) is 9.97 Å². The number of nitrogens with one attached hydrogen (secondary N) is 3. The fraction of sp³-hybridized carbons (Fsp3) is 0.444. The van der Waals surface area contributed by atoms with E-state index in [2.05, 4.69) is 51.0 Å². The molecule has 0 saturated carbocycles. The molecule has 3 rings (SSSR count). The van der Waals surface area contributed by atoms with Gasteiger partial charge in [0.25, 0.3) is 0 Å². The highest BCUT2D eigenvalue weighted by molar-refractivity contribution is 5.85. The minimum Gasteiger partial charge on any atom is -0.323 e. The molecule has 0 bridgehead atoms. The third kappa shape index (κ3) is 3.39. The van der Waals surface area contributed by atoms with Gasteiger partial charge >= 0.3 is 0 Å². The summed E-state index contributed by atoms with van der Waals surface area (Å²) < 4.78 is 0. The Hall–Kier alpha value is -2.72. The van der Waals surface area contributed by atoms with Crippen molar-refractivity contribution < 1.29 is 4.79 Å². The lowest BCUT2D eigenvalue weighted by molar-refractivity contribution is -0.128. The molecule has 3 unspecified atom stereocenters. The van der Waals surface area contributed by atoms with Gasteiger partial charge in [0.15, 0.2) is 6.29 Å². The van der Waals surface area contributed by atoms with Crippen LogP contribution in [0.25, 0.3) is 10.9 Å². The number of nitriles is 1. The van der Waals surface area contributed by atoms with E-state index in [0.717, 1.165) is 22.2 Å². The first-order valence-corrected chi connectivity index (χ1v) is 8.34. The maximum atomic E-state index is 12.2. The second-order valence-electron chi connectivity index (χ2n) is 6.62. The number of aromatic nitrogens is 2. The number of rotatable bonds is 3. The van der Waals surface area contributed by atoms with Crippen LogP contribution in [-0.4, -0.2) is 28.2 Å². The number of fused-ring (bicyclic) bond motifs is 1. The van der Waals surface area contributed by atoms with Crippen molar-refractivity contribution >= 4 is 22.8 Å². The van der Waals surface area contributed by atoms with Gasteiger partial charge in [0.2, 0.25) is 11.9 Å². The number of hydrogen-bond donors (Lipinski definition) is 3. The van der Waals surface area contributed by atoms with Crippen molar-refractivity contribution in [3.8, 4) is 6.07 Å². The number of amides is 1. The zero-order valence-corrected chi connectivity index (χ0v) is 14.8. The monoisotopic (exact) mass is 338 g/mol. The zero-order chi connectivity index (χ0) is 18.1. The molecule has 130 valence electrons. The van der Waals surface area contributed by atoms with E-state index in [1.807, 2.05) is 20.8 Å². The van der Waals surface area contributed by atoms with Gasteiger partial charge in [-0.1, -0.05) is 11.6 Å². The molecule has 25 heavy (non-hydrogen) atoms. The van der Waals surface area contributed by atoms with Crippen LogP contribution in [0.1, 0.15) is 30.2 Å². The molecule has 0 aliphatic carbocycles. The van der Waals surface area contributed by atoms with Crippen LogP contribution >= 0.6 is 0 Å². The Morgan fingerprint density at radius 3 is 2.72 bits per heavy atom. The van der Waals surface area contributed by atoms with Crippen molar-refractivity contribution in [2.24, 2.45) is 5.92 Å². The summed E-state index contributed by atoms with van der Waals surface area (Å²) in [4.78, 5) is 21.3. The Balaban J connectivity index is 1.84. The molecular weight excluding hydrogens is 316 g/mol. The van der Waals surface area contributed by atoms with E-state index < -0.39 is 6.29 Å². The predicted molar refractivity (Wildman–Crippen MR) is 95.6 cm³/mol. The summed E-state index contributed by atoms with van der Waals surface area (Å²) >= 11 is 0. The Kier molecular flexibility index (Phi) is 4.55. The summed E-state index contributed by atoms with van der Waals surface area (Å²) in [6, 6.07) is 6.11. The van der Waals surface area contributed by atoms with E-state index in [1.165, 1.54) is 5.56 Å². The molecule has 1 aromatic carbocycles. The zero-order valence-electron chi connectivity index (χ0n) is 14.8. The molecule has 1 aliphatic heterocycles. The topological polar surface area (TPSA) is 103 Å². The second-order valence-corrected chi connectivity index (χ2v) is 6.62. The Morgan fingerprint density at radius 1 is 1.28 bits per heavy atom. The van der Waals surface area contributed by atoms with E-state index in [0.29, 0.717) is 5.95 Å². The summed E-state index contributed by atoms with van der Waals surface area (Å²) in [6.07, 6.45) is -0.281. The van der Waals surface area contributed by atoms with Crippen LogP contribution in [0, 0.1) is 38.0 Å². The number of anilines is 1. The van der Waals surface area contributed by atoms with Gasteiger partial charge in [-0.15, -0.1) is 0 Å². The van der Waals surface area contributed by atoms with Crippen LogP contribution in [0.15, 0.2) is 12.1 Å². The fourth-order valence-corrected chi connectivity index (χ4v) is 3.27. The lowest BCUT2D eigenvalue weighted by Crippen LogP contribution is -2.63. The number of aryl methyl sites for hydroxylation is 3. The normalized spacial score (nSPS) is 23.2. The van der Waals surface area contributed by atoms with Crippen LogP contribution in [0.5, 0.6) is 0 Å². The minimum absolute atomic E-state index is 0.114. The van der Waals surface area contributed by atoms with Crippen molar-refractivity contribution in [1.82, 2.24) is 20.6 Å². The average molecular weight is 338 g/mol. The number of hydrogen-bond acceptors (Lipinski definition) is 6. The third-order valence-corrected chi connectivity index (χ3v) is 4.57. The average Bonchev–Trinajstić information content (AvgIpc) is 2.52. The van der Waals surface area contributed by atoms with Gasteiger partial charge in [0.1, 0.15) is 0 Å². The first-order valence-electron chi connectivity index (χ1n) is 8.34. The Bertz CT molecular complexity index is 872. The van der Waals surface area contributed by atoms with E-state index in [9.17, 15) is 4.79 Å². The van der Waals surface area contributed by atoms with E-state index in [4.69, 9.17) is 5.26 Å². The van der Waals surface area contributed by atoms with Gasteiger partial charge < -0.3 is 10.6 Å². The maximum Gasteiger partial charge on any atom is 0.228 e. The minimum atomic E-state index is -0.472. The van der Waals surface area contributed by atoms with Crippen LogP contribution in [-0.2, 0) is 4.79 Å². The molecule has 1 saturated heterocycles. The lowest BCUT2D eigenvalue weighted by atomic mass is 9.95. The molecule has 7 nitrogen and oxygen atoms in total. The van der Waals surface area contributed by atoms with Gasteiger partial charge in [-0.05, 0) is 39.3 Å². The smallest absolute Gasteiger partial charge is 0.228 e. The molecule has 0 radical (unpaired) electrons. The summed E-state index contributed by atoms with van der Waals surface area (Å²) in [5.41, 5.74) is 4.05. The molecule has 1 aromatic heterocycles. The molecule has 3 N–H and O–H groups in total. The standard InChI is InChI=1S/C18H22N6O/c1-9-7-10(2)15-14(8-9)12(4)21-17(22-15)24-18-20-11(3)13(5-6-19)16(25)23-18/h7-8,11,13,18,20H,5H2,1-4H3,(H,23,25)(H,21,22,24). The van der Waals surface area contributed by atoms with E-state index >= 15 is 0 Å². The quantitative estimate of drug-likeness (QED) is 0.790. The van der Waals surface area contributed by atoms with Crippen molar-refractivity contribution in [3.05, 3.63) is 29.0 Å². The first kappa shape index (κ1) is 17.1. The van der Waals surface area contributed by atoms with E-state index in [1.54, 1.807) is 0 Å². The van der Waals surface area contributed by atoms with Crippen LogP contribution < -0.4 is 16.0 Å². The van der Waals surface area contributed by atoms with Crippen LogP contribution in [0.2, 0.25) is 0 Å². The highest BCUT2D eigenvalue weighted by Gasteiger charge is 2.33. The second kappa shape index (κ2) is 6.65. The van der Waals surface area contributed by atoms with Crippen molar-refractivity contribution in [1.29, 1.82) is 5.26 Å². The number of nitrogens with zero attached hydrogens (tertiary/aromatic N) is 3. The number of carbonyl (C=O) groups excluding carboxylic acids is 1. The molecule has 2 aromatic rings. The molecular formula is C18H22N6O. The summed E-state index contributed by atoms with van der Waals surface area (Å²) in [7, 11) is 0. The highest BCUT2D eigenvalue weighted by Crippen LogP contribution is 2.23. The van der Waals surface area contributed by atoms with Crippen molar-refractivity contribution in [2.75, 3.05) is 5.32 Å². The fourth-order valence-electron chi connectivity index (χ4n) is 3.27. The van der Waals surface area contributed by atoms with Crippen molar-refractivity contribution in [3.63, 3.8) is 0 Å². The Morgan fingerprint density at radius 2 is 2.04 bits per heavy atom. The number of carbonyl (C=O) groups is 1. The van der Waals surface area contributed by atoms with Gasteiger partial charge in [0.05, 0.1) is 23.2 Å². The first-order chi connectivity index (χ1) is 11.9. The molecule has 1 aliphatic rings. The molecule has 0 spiro atoms. The Labute approximate surface area is 146 Å². The van der Waals surface area contributed by atoms with Gasteiger partial charge in [-0.2, -0.15) is 5.26 Å². The van der Waals surface area contributed by atoms with Crippen molar-refractivity contribution in [2.45, 2.75) is 46.4 Å². The predicted octanol–water partition coefficient (Wildman–Crippen LogP) is 1.89. The highest BCUT2D eigenvalue weighted by atomic mass is 16.2. The van der Waals surface area contributed by atoms with Gasteiger partial charge in [-0.3, -0.25) is 10.1 Å². The summed E-state index contributed by atoms with van der Waals surface area (Å²) in [6.45, 7) is 7.93. The molecule has 3 atom stereocenters. The summed E-state index contributed by atoms with van der Waals surface area (Å²) in [5.74, 6) is -0.0390. The van der Waals surface area contributed by atoms with Crippen LogP contribution in [0.3, 0.4) is 0 Å². The maximum absolute atomic E-state index is 12.2. The van der Waals surface area contributed by atoms with E-state index in [-0.39, 0.29) is 24.3 Å². The molecule has 2 heterocycles. The largest absolute Gasteiger partial charge is 0.323 e. The van der Waals surface area contributed by atoms with Gasteiger partial charge in [0, 0.05) is 17.8 Å². The molecule has 7 heteroatoms. The third-order valence-electron chi connectivity index (χ3n) is 4.57. The lowest BCUT2D eigenvalue weighted by Gasteiger charge is -2.35. The van der Waals surface area contributed by atoms with Crippen LogP contribution in [0.4, 0.5) is 5.95 Å². The summed E-state index contributed by atoms with van der Waals surface area (Å²) in [5, 5.41) is 19.1. The number of benzene rings is 1. The molecule has 1 fully saturated rings. The molecule has 1 amide bonds.